The molecule has 0 aromatic heterocycles. The summed E-state index contributed by atoms with van der Waals surface area (Å²) < 4.78 is 0. The first kappa shape index (κ1) is 15.0. The number of nitrogens with one attached hydrogen (secondary N) is 1. The first-order valence-electron chi connectivity index (χ1n) is 7.65. The molecule has 0 bridgehead atoms. The average molecular weight is 239 g/mol. The molecule has 102 valence electrons. The second-order valence-electron chi connectivity index (χ2n) is 7.31. The van der Waals surface area contributed by atoms with Gasteiger partial charge in [-0.1, -0.05) is 47.5 Å². The van der Waals surface area contributed by atoms with Gasteiger partial charge in [-0.3, -0.25) is 0 Å². The summed E-state index contributed by atoms with van der Waals surface area (Å²) in [5.41, 5.74) is 0.478. The number of hydrogen-bond acceptors (Lipinski definition) is 1. The quantitative estimate of drug-likeness (QED) is 0.713. The van der Waals surface area contributed by atoms with Gasteiger partial charge in [0.25, 0.3) is 0 Å². The summed E-state index contributed by atoms with van der Waals surface area (Å²) in [5, 5.41) is 3.74. The molecule has 1 N–H and O–H groups in total. The molecule has 0 spiro atoms. The van der Waals surface area contributed by atoms with Gasteiger partial charge in [0.15, 0.2) is 0 Å². The van der Waals surface area contributed by atoms with Crippen molar-refractivity contribution in [3.05, 3.63) is 0 Å². The van der Waals surface area contributed by atoms with Crippen molar-refractivity contribution in [1.82, 2.24) is 5.32 Å². The highest BCUT2D eigenvalue weighted by atomic mass is 14.9. The van der Waals surface area contributed by atoms with E-state index in [2.05, 4.69) is 39.9 Å². The van der Waals surface area contributed by atoms with Crippen LogP contribution in [0.2, 0.25) is 0 Å². The van der Waals surface area contributed by atoms with Gasteiger partial charge in [0, 0.05) is 6.04 Å². The fourth-order valence-electron chi connectivity index (χ4n) is 3.63. The van der Waals surface area contributed by atoms with Crippen molar-refractivity contribution in [2.75, 3.05) is 6.54 Å². The second-order valence-corrected chi connectivity index (χ2v) is 7.31. The van der Waals surface area contributed by atoms with Crippen molar-refractivity contribution in [2.24, 2.45) is 17.3 Å². The highest BCUT2D eigenvalue weighted by molar-refractivity contribution is 4.82. The van der Waals surface area contributed by atoms with Crippen LogP contribution in [0.25, 0.3) is 0 Å². The van der Waals surface area contributed by atoms with E-state index in [0.29, 0.717) is 5.41 Å². The maximum absolute atomic E-state index is 3.74. The van der Waals surface area contributed by atoms with E-state index in [4.69, 9.17) is 0 Å². The maximum atomic E-state index is 3.74. The SMILES string of the molecule is CCNC(CC(C)CC(C)(C)C)C1CCCC1. The third-order valence-electron chi connectivity index (χ3n) is 4.05. The monoisotopic (exact) mass is 239 g/mol. The number of hydrogen-bond donors (Lipinski definition) is 1. The molecule has 1 heteroatoms. The van der Waals surface area contributed by atoms with E-state index in [1.807, 2.05) is 0 Å². The largest absolute Gasteiger partial charge is 0.314 e. The topological polar surface area (TPSA) is 12.0 Å². The molecular formula is C16H33N. The number of rotatable bonds is 6. The first-order valence-corrected chi connectivity index (χ1v) is 7.65. The Morgan fingerprint density at radius 3 is 2.24 bits per heavy atom. The van der Waals surface area contributed by atoms with Crippen LogP contribution in [0, 0.1) is 17.3 Å². The van der Waals surface area contributed by atoms with E-state index in [1.165, 1.54) is 38.5 Å². The van der Waals surface area contributed by atoms with Crippen LogP contribution in [0.15, 0.2) is 0 Å². The molecule has 0 radical (unpaired) electrons. The summed E-state index contributed by atoms with van der Waals surface area (Å²) in [4.78, 5) is 0. The molecule has 1 aliphatic rings. The van der Waals surface area contributed by atoms with Gasteiger partial charge >= 0.3 is 0 Å². The van der Waals surface area contributed by atoms with Gasteiger partial charge in [0.2, 0.25) is 0 Å². The Labute approximate surface area is 109 Å². The van der Waals surface area contributed by atoms with E-state index in [-0.39, 0.29) is 0 Å². The predicted octanol–water partition coefficient (Wildman–Crippen LogP) is 4.62. The first-order chi connectivity index (χ1) is 7.92. The van der Waals surface area contributed by atoms with Gasteiger partial charge in [-0.2, -0.15) is 0 Å². The Bertz CT molecular complexity index is 198. The lowest BCUT2D eigenvalue weighted by molar-refractivity contribution is 0.245. The summed E-state index contributed by atoms with van der Waals surface area (Å²) in [6.07, 6.45) is 8.55. The molecule has 1 fully saturated rings. The van der Waals surface area contributed by atoms with Crippen molar-refractivity contribution in [2.45, 2.75) is 79.2 Å². The van der Waals surface area contributed by atoms with Gasteiger partial charge in [-0.25, -0.2) is 0 Å². The summed E-state index contributed by atoms with van der Waals surface area (Å²) in [6, 6.07) is 0.778. The Balaban J connectivity index is 2.42. The molecule has 0 heterocycles. The van der Waals surface area contributed by atoms with Crippen molar-refractivity contribution >= 4 is 0 Å². The molecule has 2 unspecified atom stereocenters. The zero-order valence-electron chi connectivity index (χ0n) is 12.7. The minimum Gasteiger partial charge on any atom is -0.314 e. The molecule has 1 rings (SSSR count). The summed E-state index contributed by atoms with van der Waals surface area (Å²) in [5.74, 6) is 1.80. The Hall–Kier alpha value is -0.0400. The van der Waals surface area contributed by atoms with Crippen LogP contribution < -0.4 is 5.32 Å². The molecule has 0 aromatic carbocycles. The van der Waals surface area contributed by atoms with Crippen LogP contribution in [0.4, 0.5) is 0 Å². The molecule has 0 aliphatic heterocycles. The minimum atomic E-state index is 0.478. The zero-order valence-corrected chi connectivity index (χ0v) is 12.7. The summed E-state index contributed by atoms with van der Waals surface area (Å²) >= 11 is 0. The van der Waals surface area contributed by atoms with E-state index < -0.39 is 0 Å². The van der Waals surface area contributed by atoms with Crippen LogP contribution in [-0.2, 0) is 0 Å². The molecule has 1 nitrogen and oxygen atoms in total. The van der Waals surface area contributed by atoms with Crippen molar-refractivity contribution in [3.63, 3.8) is 0 Å². The third kappa shape index (κ3) is 5.90. The lowest BCUT2D eigenvalue weighted by Crippen LogP contribution is -2.37. The van der Waals surface area contributed by atoms with Gasteiger partial charge < -0.3 is 5.32 Å². The van der Waals surface area contributed by atoms with Crippen LogP contribution in [0.5, 0.6) is 0 Å². The lowest BCUT2D eigenvalue weighted by atomic mass is 9.80. The molecule has 0 amide bonds. The molecular weight excluding hydrogens is 206 g/mol. The highest BCUT2D eigenvalue weighted by Gasteiger charge is 2.26. The van der Waals surface area contributed by atoms with Crippen LogP contribution in [0.3, 0.4) is 0 Å². The smallest absolute Gasteiger partial charge is 0.00977 e. The fourth-order valence-corrected chi connectivity index (χ4v) is 3.63. The second kappa shape index (κ2) is 6.78. The maximum Gasteiger partial charge on any atom is 0.00977 e. The van der Waals surface area contributed by atoms with Crippen molar-refractivity contribution in [3.8, 4) is 0 Å². The molecule has 1 saturated carbocycles. The van der Waals surface area contributed by atoms with Gasteiger partial charge in [-0.05, 0) is 49.5 Å². The lowest BCUT2D eigenvalue weighted by Gasteiger charge is -2.30. The van der Waals surface area contributed by atoms with E-state index in [1.54, 1.807) is 0 Å². The normalized spacial score (nSPS) is 21.7. The molecule has 2 atom stereocenters. The summed E-state index contributed by atoms with van der Waals surface area (Å²) in [6.45, 7) is 12.9. The molecule has 1 aliphatic carbocycles. The Kier molecular flexibility index (Phi) is 5.99. The van der Waals surface area contributed by atoms with E-state index in [9.17, 15) is 0 Å². The van der Waals surface area contributed by atoms with Gasteiger partial charge in [0.1, 0.15) is 0 Å². The fraction of sp³-hybridized carbons (Fsp3) is 1.00. The Morgan fingerprint density at radius 1 is 1.18 bits per heavy atom. The average Bonchev–Trinajstić information content (AvgIpc) is 2.66. The van der Waals surface area contributed by atoms with E-state index in [0.717, 1.165) is 24.4 Å². The summed E-state index contributed by atoms with van der Waals surface area (Å²) in [7, 11) is 0. The van der Waals surface area contributed by atoms with Crippen LogP contribution in [-0.4, -0.2) is 12.6 Å². The van der Waals surface area contributed by atoms with Gasteiger partial charge in [0.05, 0.1) is 0 Å². The molecule has 17 heavy (non-hydrogen) atoms. The minimum absolute atomic E-state index is 0.478. The molecule has 0 aromatic rings. The standard InChI is InChI=1S/C16H33N/c1-6-17-15(14-9-7-8-10-14)11-13(2)12-16(3,4)5/h13-15,17H,6-12H2,1-5H3. The van der Waals surface area contributed by atoms with Gasteiger partial charge in [-0.15, -0.1) is 0 Å². The van der Waals surface area contributed by atoms with E-state index >= 15 is 0 Å². The highest BCUT2D eigenvalue weighted by Crippen LogP contribution is 2.33. The predicted molar refractivity (Wildman–Crippen MR) is 77.3 cm³/mol. The van der Waals surface area contributed by atoms with Crippen molar-refractivity contribution in [1.29, 1.82) is 0 Å². The van der Waals surface area contributed by atoms with Crippen molar-refractivity contribution < 1.29 is 0 Å². The van der Waals surface area contributed by atoms with Crippen LogP contribution in [0.1, 0.15) is 73.1 Å². The Morgan fingerprint density at radius 2 is 1.76 bits per heavy atom. The third-order valence-corrected chi connectivity index (χ3v) is 4.05. The molecule has 0 saturated heterocycles. The van der Waals surface area contributed by atoms with Crippen LogP contribution >= 0.6 is 0 Å². The zero-order chi connectivity index (χ0) is 12.9.